The van der Waals surface area contributed by atoms with E-state index in [0.29, 0.717) is 12.6 Å². The van der Waals surface area contributed by atoms with Crippen LogP contribution in [0, 0.1) is 5.92 Å². The Labute approximate surface area is 174 Å². The molecule has 5 heteroatoms. The average molecular weight is 401 g/mol. The van der Waals surface area contributed by atoms with Crippen LogP contribution in [0.25, 0.3) is 0 Å². The van der Waals surface area contributed by atoms with E-state index in [1.165, 1.54) is 24.8 Å². The molecular formula is C24H36N2O3. The summed E-state index contributed by atoms with van der Waals surface area (Å²) in [5.41, 5.74) is 0.584. The minimum absolute atomic E-state index is 0.0806. The minimum atomic E-state index is -0.598. The lowest BCUT2D eigenvalue weighted by molar-refractivity contribution is -0.138. The third kappa shape index (κ3) is 4.61. The standard InChI is InChI=1S/C24H36N2O3/c1-29-20-12-10-18(11-13-20)23-21-9-5-6-14-24(21,28)15-16-26(23)17-22(27)25-19-7-3-2-4-8-19/h10-13,19,21,23,28H,2-9,14-17H2,1H3,(H,25,27)/t21-,23+,24+/m0/s1. The predicted molar refractivity (Wildman–Crippen MR) is 114 cm³/mol. The third-order valence-electron chi connectivity index (χ3n) is 7.45. The van der Waals surface area contributed by atoms with Gasteiger partial charge in [0.05, 0.1) is 19.3 Å². The number of nitrogens with one attached hydrogen (secondary N) is 1. The second kappa shape index (κ2) is 9.05. The van der Waals surface area contributed by atoms with Gasteiger partial charge in [-0.25, -0.2) is 0 Å². The smallest absolute Gasteiger partial charge is 0.234 e. The number of nitrogens with zero attached hydrogens (tertiary/aromatic N) is 1. The third-order valence-corrected chi connectivity index (χ3v) is 7.45. The van der Waals surface area contributed by atoms with Crippen molar-refractivity contribution in [3.63, 3.8) is 0 Å². The van der Waals surface area contributed by atoms with Gasteiger partial charge in [-0.15, -0.1) is 0 Å². The van der Waals surface area contributed by atoms with Crippen molar-refractivity contribution in [3.05, 3.63) is 29.8 Å². The molecule has 3 aliphatic rings. The normalized spacial score (nSPS) is 31.1. The highest BCUT2D eigenvalue weighted by Gasteiger charge is 2.49. The number of aliphatic hydroxyl groups is 1. The highest BCUT2D eigenvalue weighted by Crippen LogP contribution is 2.49. The Morgan fingerprint density at radius 2 is 1.83 bits per heavy atom. The monoisotopic (exact) mass is 400 g/mol. The fraction of sp³-hybridized carbons (Fsp3) is 0.708. The summed E-state index contributed by atoms with van der Waals surface area (Å²) < 4.78 is 5.33. The zero-order chi connectivity index (χ0) is 20.3. The maximum absolute atomic E-state index is 12.9. The lowest BCUT2D eigenvalue weighted by Crippen LogP contribution is -2.56. The number of likely N-dealkylation sites (tertiary alicyclic amines) is 1. The number of ether oxygens (including phenoxy) is 1. The Hall–Kier alpha value is -1.59. The second-order valence-corrected chi connectivity index (χ2v) is 9.30. The Kier molecular flexibility index (Phi) is 6.45. The van der Waals surface area contributed by atoms with Gasteiger partial charge in [-0.1, -0.05) is 44.2 Å². The van der Waals surface area contributed by atoms with Crippen molar-refractivity contribution in [2.45, 2.75) is 81.9 Å². The first-order valence-electron chi connectivity index (χ1n) is 11.5. The van der Waals surface area contributed by atoms with E-state index in [0.717, 1.165) is 57.2 Å². The molecule has 1 aliphatic heterocycles. The van der Waals surface area contributed by atoms with Crippen molar-refractivity contribution < 1.29 is 14.6 Å². The fourth-order valence-corrected chi connectivity index (χ4v) is 5.87. The van der Waals surface area contributed by atoms with E-state index in [9.17, 15) is 9.90 Å². The van der Waals surface area contributed by atoms with Gasteiger partial charge in [-0.05, 0) is 49.8 Å². The zero-order valence-electron chi connectivity index (χ0n) is 17.7. The van der Waals surface area contributed by atoms with Crippen LogP contribution in [0.5, 0.6) is 5.75 Å². The van der Waals surface area contributed by atoms with Gasteiger partial charge >= 0.3 is 0 Å². The summed E-state index contributed by atoms with van der Waals surface area (Å²) in [4.78, 5) is 15.2. The molecule has 0 unspecified atom stereocenters. The van der Waals surface area contributed by atoms with Gasteiger partial charge in [0.1, 0.15) is 5.75 Å². The van der Waals surface area contributed by atoms with Gasteiger partial charge in [-0.2, -0.15) is 0 Å². The first-order chi connectivity index (χ1) is 14.1. The molecule has 3 fully saturated rings. The van der Waals surface area contributed by atoms with Crippen LogP contribution in [-0.4, -0.2) is 47.8 Å². The molecule has 0 aromatic heterocycles. The van der Waals surface area contributed by atoms with E-state index < -0.39 is 5.60 Å². The molecule has 2 aliphatic carbocycles. The van der Waals surface area contributed by atoms with E-state index in [1.54, 1.807) is 7.11 Å². The molecule has 1 aromatic rings. The molecule has 1 heterocycles. The molecule has 2 saturated carbocycles. The molecule has 1 saturated heterocycles. The summed E-state index contributed by atoms with van der Waals surface area (Å²) in [6.45, 7) is 1.18. The van der Waals surface area contributed by atoms with Crippen LogP contribution in [0.4, 0.5) is 0 Å². The average Bonchev–Trinajstić information content (AvgIpc) is 2.74. The van der Waals surface area contributed by atoms with Crippen LogP contribution in [0.2, 0.25) is 0 Å². The number of rotatable bonds is 5. The maximum atomic E-state index is 12.9. The van der Waals surface area contributed by atoms with Crippen molar-refractivity contribution in [1.29, 1.82) is 0 Å². The van der Waals surface area contributed by atoms with Gasteiger partial charge < -0.3 is 15.2 Å². The van der Waals surface area contributed by atoms with E-state index in [4.69, 9.17) is 4.74 Å². The van der Waals surface area contributed by atoms with Crippen molar-refractivity contribution in [1.82, 2.24) is 10.2 Å². The zero-order valence-corrected chi connectivity index (χ0v) is 17.7. The van der Waals surface area contributed by atoms with Crippen LogP contribution in [-0.2, 0) is 4.79 Å². The lowest BCUT2D eigenvalue weighted by atomic mass is 9.66. The van der Waals surface area contributed by atoms with E-state index in [2.05, 4.69) is 22.3 Å². The van der Waals surface area contributed by atoms with E-state index in [-0.39, 0.29) is 17.9 Å². The van der Waals surface area contributed by atoms with Crippen molar-refractivity contribution in [3.8, 4) is 5.75 Å². The van der Waals surface area contributed by atoms with Crippen molar-refractivity contribution >= 4 is 5.91 Å². The van der Waals surface area contributed by atoms with E-state index in [1.807, 2.05) is 12.1 Å². The van der Waals surface area contributed by atoms with E-state index >= 15 is 0 Å². The molecule has 5 nitrogen and oxygen atoms in total. The number of amides is 1. The maximum Gasteiger partial charge on any atom is 0.234 e. The Morgan fingerprint density at radius 1 is 1.10 bits per heavy atom. The number of hydrogen-bond acceptors (Lipinski definition) is 4. The largest absolute Gasteiger partial charge is 0.497 e. The summed E-state index contributed by atoms with van der Waals surface area (Å²) in [6, 6.07) is 8.62. The summed E-state index contributed by atoms with van der Waals surface area (Å²) in [6.07, 6.45) is 10.9. The van der Waals surface area contributed by atoms with Crippen LogP contribution >= 0.6 is 0 Å². The number of piperidine rings is 1. The molecule has 1 amide bonds. The summed E-state index contributed by atoms with van der Waals surface area (Å²) >= 11 is 0. The van der Waals surface area contributed by atoms with Gasteiger partial charge in [0.25, 0.3) is 0 Å². The van der Waals surface area contributed by atoms with Crippen molar-refractivity contribution in [2.75, 3.05) is 20.2 Å². The Morgan fingerprint density at radius 3 is 2.55 bits per heavy atom. The summed E-state index contributed by atoms with van der Waals surface area (Å²) in [7, 11) is 1.68. The molecule has 1 aromatic carbocycles. The Balaban J connectivity index is 1.52. The number of carbonyl (C=O) groups excluding carboxylic acids is 1. The number of fused-ring (bicyclic) bond motifs is 1. The molecule has 160 valence electrons. The highest BCUT2D eigenvalue weighted by molar-refractivity contribution is 5.78. The molecular weight excluding hydrogens is 364 g/mol. The number of methoxy groups -OCH3 is 1. The number of hydrogen-bond donors (Lipinski definition) is 2. The van der Waals surface area contributed by atoms with Gasteiger partial charge in [0.2, 0.25) is 5.91 Å². The quantitative estimate of drug-likeness (QED) is 0.789. The molecule has 0 bridgehead atoms. The van der Waals surface area contributed by atoms with Gasteiger partial charge in [-0.3, -0.25) is 9.69 Å². The van der Waals surface area contributed by atoms with Crippen LogP contribution in [0.1, 0.15) is 75.8 Å². The topological polar surface area (TPSA) is 61.8 Å². The highest BCUT2D eigenvalue weighted by atomic mass is 16.5. The van der Waals surface area contributed by atoms with Crippen LogP contribution in [0.3, 0.4) is 0 Å². The Bertz CT molecular complexity index is 686. The fourth-order valence-electron chi connectivity index (χ4n) is 5.87. The lowest BCUT2D eigenvalue weighted by Gasteiger charge is -2.52. The molecule has 29 heavy (non-hydrogen) atoms. The molecule has 3 atom stereocenters. The van der Waals surface area contributed by atoms with Crippen molar-refractivity contribution in [2.24, 2.45) is 5.92 Å². The molecule has 0 radical (unpaired) electrons. The number of carbonyl (C=O) groups is 1. The SMILES string of the molecule is COc1ccc([C@@H]2[C@@H]3CCCC[C@@]3(O)CCN2CC(=O)NC2CCCCC2)cc1. The van der Waals surface area contributed by atoms with Gasteiger partial charge in [0.15, 0.2) is 0 Å². The van der Waals surface area contributed by atoms with Gasteiger partial charge in [0, 0.05) is 24.5 Å². The molecule has 4 rings (SSSR count). The summed E-state index contributed by atoms with van der Waals surface area (Å²) in [5.74, 6) is 1.16. The minimum Gasteiger partial charge on any atom is -0.497 e. The molecule has 2 N–H and O–H groups in total. The number of benzene rings is 1. The van der Waals surface area contributed by atoms with Crippen LogP contribution in [0.15, 0.2) is 24.3 Å². The second-order valence-electron chi connectivity index (χ2n) is 9.30. The van der Waals surface area contributed by atoms with Crippen LogP contribution < -0.4 is 10.1 Å². The molecule has 0 spiro atoms. The first kappa shape index (κ1) is 20.7. The summed E-state index contributed by atoms with van der Waals surface area (Å²) in [5, 5.41) is 14.7. The first-order valence-corrected chi connectivity index (χ1v) is 11.5. The predicted octanol–water partition coefficient (Wildman–Crippen LogP) is 3.81.